The quantitative estimate of drug-likeness (QED) is 0.827. The highest BCUT2D eigenvalue weighted by atomic mass is 32.1. The number of nitrogens with one attached hydrogen (secondary N) is 1. The molecule has 1 amide bonds. The fourth-order valence-electron chi connectivity index (χ4n) is 1.88. The maximum absolute atomic E-state index is 12.2. The highest BCUT2D eigenvalue weighted by Gasteiger charge is 2.08. The van der Waals surface area contributed by atoms with Gasteiger partial charge >= 0.3 is 0 Å². The summed E-state index contributed by atoms with van der Waals surface area (Å²) in [6, 6.07) is 14.9. The molecule has 2 aromatic carbocycles. The summed E-state index contributed by atoms with van der Waals surface area (Å²) >= 11 is 4.21. The third-order valence-electron chi connectivity index (χ3n) is 2.97. The van der Waals surface area contributed by atoms with E-state index in [2.05, 4.69) is 17.9 Å². The summed E-state index contributed by atoms with van der Waals surface area (Å²) in [5.74, 6) is -0.122. The van der Waals surface area contributed by atoms with E-state index in [-0.39, 0.29) is 5.91 Å². The van der Waals surface area contributed by atoms with Crippen molar-refractivity contribution in [3.8, 4) is 0 Å². The average Bonchev–Trinajstić information content (AvgIpc) is 2.47. The topological polar surface area (TPSA) is 38.3 Å². The van der Waals surface area contributed by atoms with Crippen molar-refractivity contribution in [3.63, 3.8) is 0 Å². The van der Waals surface area contributed by atoms with Crippen LogP contribution in [0.25, 0.3) is 0 Å². The minimum Gasteiger partial charge on any atom is -0.384 e. The van der Waals surface area contributed by atoms with Gasteiger partial charge in [0.1, 0.15) is 0 Å². The molecular formula is C16H17NO2S. The number of hydrogen-bond acceptors (Lipinski definition) is 3. The first-order valence-corrected chi connectivity index (χ1v) is 6.82. The van der Waals surface area contributed by atoms with Crippen LogP contribution >= 0.6 is 12.6 Å². The van der Waals surface area contributed by atoms with E-state index in [9.17, 15) is 4.79 Å². The van der Waals surface area contributed by atoms with Crippen LogP contribution in [0, 0.1) is 0 Å². The van der Waals surface area contributed by atoms with Crippen LogP contribution in [-0.4, -0.2) is 19.6 Å². The van der Waals surface area contributed by atoms with E-state index in [0.717, 1.165) is 22.6 Å². The van der Waals surface area contributed by atoms with Crippen molar-refractivity contribution in [2.45, 2.75) is 11.3 Å². The van der Waals surface area contributed by atoms with Gasteiger partial charge in [-0.3, -0.25) is 4.79 Å². The van der Waals surface area contributed by atoms with Gasteiger partial charge < -0.3 is 10.1 Å². The summed E-state index contributed by atoms with van der Waals surface area (Å²) in [6.45, 7) is 0.626. The number of hydrogen-bond donors (Lipinski definition) is 2. The van der Waals surface area contributed by atoms with Crippen molar-refractivity contribution in [2.24, 2.45) is 0 Å². The molecule has 0 fully saturated rings. The van der Waals surface area contributed by atoms with Crippen LogP contribution in [0.5, 0.6) is 0 Å². The van der Waals surface area contributed by atoms with E-state index in [1.54, 1.807) is 31.4 Å². The fourth-order valence-corrected chi connectivity index (χ4v) is 2.03. The summed E-state index contributed by atoms with van der Waals surface area (Å²) in [4.78, 5) is 13.0. The summed E-state index contributed by atoms with van der Waals surface area (Å²) in [5, 5.41) is 2.94. The monoisotopic (exact) mass is 287 g/mol. The second kappa shape index (κ2) is 7.12. The Balaban J connectivity index is 2.13. The highest BCUT2D eigenvalue weighted by Crippen LogP contribution is 2.17. The van der Waals surface area contributed by atoms with E-state index in [4.69, 9.17) is 4.74 Å². The molecule has 0 radical (unpaired) electrons. The van der Waals surface area contributed by atoms with Crippen LogP contribution in [0.2, 0.25) is 0 Å². The van der Waals surface area contributed by atoms with Gasteiger partial charge in [0, 0.05) is 23.3 Å². The Bertz CT molecular complexity index is 581. The smallest absolute Gasteiger partial charge is 0.255 e. The molecule has 0 saturated carbocycles. The maximum atomic E-state index is 12.2. The van der Waals surface area contributed by atoms with E-state index in [0.29, 0.717) is 12.2 Å². The normalized spacial score (nSPS) is 10.3. The molecule has 2 aromatic rings. The molecule has 20 heavy (non-hydrogen) atoms. The minimum atomic E-state index is -0.122. The largest absolute Gasteiger partial charge is 0.384 e. The van der Waals surface area contributed by atoms with Crippen molar-refractivity contribution < 1.29 is 9.53 Å². The number of carbonyl (C=O) groups excluding carboxylic acids is 1. The second-order valence-electron chi connectivity index (χ2n) is 4.40. The lowest BCUT2D eigenvalue weighted by Crippen LogP contribution is -2.13. The maximum Gasteiger partial charge on any atom is 0.255 e. The Hall–Kier alpha value is -1.78. The number of thiol groups is 1. The summed E-state index contributed by atoms with van der Waals surface area (Å²) in [6.07, 6.45) is 0.766. The van der Waals surface area contributed by atoms with Crippen LogP contribution in [0.3, 0.4) is 0 Å². The number of methoxy groups -OCH3 is 1. The first-order valence-electron chi connectivity index (χ1n) is 6.38. The van der Waals surface area contributed by atoms with E-state index >= 15 is 0 Å². The molecule has 0 aromatic heterocycles. The zero-order valence-electron chi connectivity index (χ0n) is 11.3. The van der Waals surface area contributed by atoms with Crippen molar-refractivity contribution >= 4 is 24.2 Å². The molecule has 0 unspecified atom stereocenters. The zero-order chi connectivity index (χ0) is 14.4. The Labute approximate surface area is 124 Å². The van der Waals surface area contributed by atoms with E-state index in [1.807, 2.05) is 24.3 Å². The molecule has 1 N–H and O–H groups in total. The number of anilines is 1. The number of para-hydroxylation sites is 1. The van der Waals surface area contributed by atoms with Gasteiger partial charge in [-0.25, -0.2) is 0 Å². The number of carbonyl (C=O) groups is 1. The molecular weight excluding hydrogens is 270 g/mol. The van der Waals surface area contributed by atoms with E-state index < -0.39 is 0 Å². The molecule has 0 bridgehead atoms. The summed E-state index contributed by atoms with van der Waals surface area (Å²) < 4.78 is 5.08. The molecule has 104 valence electrons. The lowest BCUT2D eigenvalue weighted by atomic mass is 10.1. The van der Waals surface area contributed by atoms with Crippen molar-refractivity contribution in [1.29, 1.82) is 0 Å². The Morgan fingerprint density at radius 2 is 1.85 bits per heavy atom. The standard InChI is InChI=1S/C16H17NO2S/c1-19-11-10-12-4-2-3-5-15(12)17-16(18)13-6-8-14(20)9-7-13/h2-9,20H,10-11H2,1H3,(H,17,18). The first kappa shape index (κ1) is 14.6. The predicted octanol–water partition coefficient (Wildman–Crippen LogP) is 3.42. The molecule has 0 atom stereocenters. The predicted molar refractivity (Wildman–Crippen MR) is 83.7 cm³/mol. The van der Waals surface area contributed by atoms with Gasteiger partial charge in [-0.05, 0) is 42.3 Å². The van der Waals surface area contributed by atoms with Gasteiger partial charge in [-0.15, -0.1) is 12.6 Å². The molecule has 2 rings (SSSR count). The van der Waals surface area contributed by atoms with Gasteiger partial charge in [-0.2, -0.15) is 0 Å². The Morgan fingerprint density at radius 3 is 2.55 bits per heavy atom. The van der Waals surface area contributed by atoms with Crippen molar-refractivity contribution in [1.82, 2.24) is 0 Å². The van der Waals surface area contributed by atoms with Crippen molar-refractivity contribution in [3.05, 3.63) is 59.7 Å². The molecule has 0 saturated heterocycles. The van der Waals surface area contributed by atoms with Crippen molar-refractivity contribution in [2.75, 3.05) is 19.0 Å². The molecule has 0 aliphatic carbocycles. The molecule has 3 nitrogen and oxygen atoms in total. The second-order valence-corrected chi connectivity index (χ2v) is 4.92. The van der Waals surface area contributed by atoms with Crippen LogP contribution in [0.4, 0.5) is 5.69 Å². The number of amides is 1. The van der Waals surface area contributed by atoms with Crippen LogP contribution < -0.4 is 5.32 Å². The Kier molecular flexibility index (Phi) is 5.21. The lowest BCUT2D eigenvalue weighted by Gasteiger charge is -2.11. The third kappa shape index (κ3) is 3.85. The lowest BCUT2D eigenvalue weighted by molar-refractivity contribution is 0.102. The Morgan fingerprint density at radius 1 is 1.15 bits per heavy atom. The van der Waals surface area contributed by atoms with Gasteiger partial charge in [0.25, 0.3) is 5.91 Å². The first-order chi connectivity index (χ1) is 9.70. The van der Waals surface area contributed by atoms with Gasteiger partial charge in [0.2, 0.25) is 0 Å². The SMILES string of the molecule is COCCc1ccccc1NC(=O)c1ccc(S)cc1. The zero-order valence-corrected chi connectivity index (χ0v) is 12.2. The van der Waals surface area contributed by atoms with Gasteiger partial charge in [-0.1, -0.05) is 18.2 Å². The number of benzene rings is 2. The molecule has 0 heterocycles. The highest BCUT2D eigenvalue weighted by molar-refractivity contribution is 7.80. The third-order valence-corrected chi connectivity index (χ3v) is 3.27. The summed E-state index contributed by atoms with van der Waals surface area (Å²) in [7, 11) is 1.67. The van der Waals surface area contributed by atoms with Crippen LogP contribution in [0.1, 0.15) is 15.9 Å². The van der Waals surface area contributed by atoms with Gasteiger partial charge in [0.05, 0.1) is 6.61 Å². The van der Waals surface area contributed by atoms with Crippen LogP contribution in [0.15, 0.2) is 53.4 Å². The van der Waals surface area contributed by atoms with E-state index in [1.165, 1.54) is 0 Å². The molecule has 0 aliphatic rings. The molecule has 0 aliphatic heterocycles. The number of ether oxygens (including phenoxy) is 1. The molecule has 0 spiro atoms. The number of rotatable bonds is 5. The van der Waals surface area contributed by atoms with Gasteiger partial charge in [0.15, 0.2) is 0 Å². The average molecular weight is 287 g/mol. The summed E-state index contributed by atoms with van der Waals surface area (Å²) in [5.41, 5.74) is 2.50. The minimum absolute atomic E-state index is 0.122. The van der Waals surface area contributed by atoms with Crippen LogP contribution in [-0.2, 0) is 11.2 Å². The fraction of sp³-hybridized carbons (Fsp3) is 0.188. The molecule has 4 heteroatoms.